The Bertz CT molecular complexity index is 652. The normalized spacial score (nSPS) is 10.0. The summed E-state index contributed by atoms with van der Waals surface area (Å²) in [5.41, 5.74) is 0.213. The van der Waals surface area contributed by atoms with Gasteiger partial charge >= 0.3 is 0 Å². The molecule has 0 spiro atoms. The van der Waals surface area contributed by atoms with Crippen LogP contribution in [0.4, 0.5) is 8.78 Å². The summed E-state index contributed by atoms with van der Waals surface area (Å²) in [5.74, 6) is -0.770. The van der Waals surface area contributed by atoms with E-state index >= 15 is 0 Å². The van der Waals surface area contributed by atoms with Gasteiger partial charge < -0.3 is 4.74 Å². The number of hydrogen-bond donors (Lipinski definition) is 0. The SMILES string of the molecule is N#Cc1cccc(COc2ccc(Br)c(F)c2)c1F. The zero-order valence-corrected chi connectivity index (χ0v) is 11.2. The molecule has 2 aromatic rings. The Balaban J connectivity index is 2.15. The predicted molar refractivity (Wildman–Crippen MR) is 69.5 cm³/mol. The molecule has 0 saturated heterocycles. The molecule has 0 aromatic heterocycles. The quantitative estimate of drug-likeness (QED) is 0.849. The van der Waals surface area contributed by atoms with Crippen LogP contribution < -0.4 is 4.74 Å². The lowest BCUT2D eigenvalue weighted by Crippen LogP contribution is -2.00. The summed E-state index contributed by atoms with van der Waals surface area (Å²) >= 11 is 3.03. The van der Waals surface area contributed by atoms with E-state index in [4.69, 9.17) is 10.00 Å². The molecule has 2 aromatic carbocycles. The minimum absolute atomic E-state index is 0.0388. The van der Waals surface area contributed by atoms with Crippen molar-refractivity contribution in [3.05, 3.63) is 63.6 Å². The van der Waals surface area contributed by atoms with Crippen molar-refractivity contribution in [1.82, 2.24) is 0 Å². The summed E-state index contributed by atoms with van der Waals surface area (Å²) in [7, 11) is 0. The average Bonchev–Trinajstić information content (AvgIpc) is 2.41. The van der Waals surface area contributed by atoms with Gasteiger partial charge in [-0.3, -0.25) is 0 Å². The number of hydrogen-bond acceptors (Lipinski definition) is 2. The predicted octanol–water partition coefficient (Wildman–Crippen LogP) is 4.18. The third-order valence-corrected chi connectivity index (χ3v) is 3.13. The Morgan fingerprint density at radius 2 is 2.00 bits per heavy atom. The van der Waals surface area contributed by atoms with Gasteiger partial charge in [0.05, 0.1) is 10.0 Å². The van der Waals surface area contributed by atoms with E-state index in [1.54, 1.807) is 18.2 Å². The lowest BCUT2D eigenvalue weighted by atomic mass is 10.1. The zero-order valence-electron chi connectivity index (χ0n) is 9.66. The van der Waals surface area contributed by atoms with Gasteiger partial charge in [-0.25, -0.2) is 8.78 Å². The van der Waals surface area contributed by atoms with Gasteiger partial charge in [-0.15, -0.1) is 0 Å². The van der Waals surface area contributed by atoms with E-state index < -0.39 is 11.6 Å². The molecule has 0 aliphatic heterocycles. The summed E-state index contributed by atoms with van der Waals surface area (Å²) in [6, 6.07) is 10.5. The van der Waals surface area contributed by atoms with Gasteiger partial charge in [0, 0.05) is 11.6 Å². The number of nitrogens with zero attached hydrogens (tertiary/aromatic N) is 1. The Hall–Kier alpha value is -1.93. The van der Waals surface area contributed by atoms with Gasteiger partial charge in [0.25, 0.3) is 0 Å². The van der Waals surface area contributed by atoms with Crippen LogP contribution in [0.5, 0.6) is 5.75 Å². The minimum Gasteiger partial charge on any atom is -0.489 e. The molecule has 2 rings (SSSR count). The maximum atomic E-state index is 13.7. The molecule has 2 nitrogen and oxygen atoms in total. The van der Waals surface area contributed by atoms with Crippen LogP contribution in [0.25, 0.3) is 0 Å². The first-order chi connectivity index (χ1) is 9.11. The topological polar surface area (TPSA) is 33.0 Å². The van der Waals surface area contributed by atoms with E-state index in [2.05, 4.69) is 15.9 Å². The summed E-state index contributed by atoms with van der Waals surface area (Å²) < 4.78 is 32.6. The fourth-order valence-electron chi connectivity index (χ4n) is 1.51. The molecule has 0 atom stereocenters. The second-order valence-corrected chi connectivity index (χ2v) is 4.61. The molecule has 0 aliphatic carbocycles. The first-order valence-electron chi connectivity index (χ1n) is 5.37. The largest absolute Gasteiger partial charge is 0.489 e. The van der Waals surface area contributed by atoms with Gasteiger partial charge in [-0.1, -0.05) is 12.1 Å². The van der Waals surface area contributed by atoms with Crippen molar-refractivity contribution in [2.24, 2.45) is 0 Å². The van der Waals surface area contributed by atoms with Gasteiger partial charge in [0.2, 0.25) is 0 Å². The summed E-state index contributed by atoms with van der Waals surface area (Å²) in [6.45, 7) is -0.0670. The minimum atomic E-state index is -0.609. The number of benzene rings is 2. The number of rotatable bonds is 3. The molecule has 96 valence electrons. The van der Waals surface area contributed by atoms with E-state index in [9.17, 15) is 8.78 Å². The zero-order chi connectivity index (χ0) is 13.8. The molecule has 19 heavy (non-hydrogen) atoms. The second kappa shape index (κ2) is 5.81. The van der Waals surface area contributed by atoms with E-state index in [0.29, 0.717) is 10.2 Å². The molecule has 0 unspecified atom stereocenters. The van der Waals surface area contributed by atoms with Crippen molar-refractivity contribution < 1.29 is 13.5 Å². The van der Waals surface area contributed by atoms with Crippen molar-refractivity contribution in [3.8, 4) is 11.8 Å². The molecule has 0 radical (unpaired) electrons. The highest BCUT2D eigenvalue weighted by Crippen LogP contribution is 2.22. The summed E-state index contributed by atoms with van der Waals surface area (Å²) in [4.78, 5) is 0. The van der Waals surface area contributed by atoms with Crippen LogP contribution in [0, 0.1) is 23.0 Å². The van der Waals surface area contributed by atoms with Crippen LogP contribution in [-0.4, -0.2) is 0 Å². The highest BCUT2D eigenvalue weighted by molar-refractivity contribution is 9.10. The average molecular weight is 324 g/mol. The van der Waals surface area contributed by atoms with Crippen LogP contribution in [-0.2, 0) is 6.61 Å². The fraction of sp³-hybridized carbons (Fsp3) is 0.0714. The third-order valence-electron chi connectivity index (χ3n) is 2.48. The third kappa shape index (κ3) is 3.09. The van der Waals surface area contributed by atoms with Gasteiger partial charge in [-0.05, 0) is 34.1 Å². The second-order valence-electron chi connectivity index (χ2n) is 3.76. The van der Waals surface area contributed by atoms with Crippen molar-refractivity contribution in [3.63, 3.8) is 0 Å². The molecule has 0 aliphatic rings. The van der Waals surface area contributed by atoms with E-state index in [-0.39, 0.29) is 17.7 Å². The highest BCUT2D eigenvalue weighted by atomic mass is 79.9. The fourth-order valence-corrected chi connectivity index (χ4v) is 1.75. The molecule has 0 amide bonds. The first kappa shape index (κ1) is 13.5. The molecule has 5 heteroatoms. The molecular weight excluding hydrogens is 316 g/mol. The Kier molecular flexibility index (Phi) is 4.13. The maximum Gasteiger partial charge on any atom is 0.147 e. The molecule has 0 heterocycles. The van der Waals surface area contributed by atoms with Crippen molar-refractivity contribution in [1.29, 1.82) is 5.26 Å². The Morgan fingerprint density at radius 1 is 1.21 bits per heavy atom. The lowest BCUT2D eigenvalue weighted by Gasteiger charge is -2.08. The summed E-state index contributed by atoms with van der Waals surface area (Å²) in [5, 5.41) is 8.71. The molecule has 0 bridgehead atoms. The number of nitriles is 1. The van der Waals surface area contributed by atoms with Crippen molar-refractivity contribution in [2.75, 3.05) is 0 Å². The van der Waals surface area contributed by atoms with Gasteiger partial charge in [0.15, 0.2) is 0 Å². The maximum absolute atomic E-state index is 13.7. The molecule has 0 saturated carbocycles. The standard InChI is InChI=1S/C14H8BrF2NO/c15-12-5-4-11(6-13(12)16)19-8-10-3-1-2-9(7-18)14(10)17/h1-6H,8H2. The Labute approximate surface area is 117 Å². The number of ether oxygens (including phenoxy) is 1. The van der Waals surface area contributed by atoms with Crippen LogP contribution in [0.15, 0.2) is 40.9 Å². The molecule has 0 fully saturated rings. The smallest absolute Gasteiger partial charge is 0.147 e. The van der Waals surface area contributed by atoms with Crippen LogP contribution in [0.2, 0.25) is 0 Å². The van der Waals surface area contributed by atoms with E-state index in [0.717, 1.165) is 0 Å². The first-order valence-corrected chi connectivity index (χ1v) is 6.16. The highest BCUT2D eigenvalue weighted by Gasteiger charge is 2.08. The van der Waals surface area contributed by atoms with E-state index in [1.165, 1.54) is 24.3 Å². The van der Waals surface area contributed by atoms with Crippen molar-refractivity contribution >= 4 is 15.9 Å². The number of halogens is 3. The van der Waals surface area contributed by atoms with Crippen LogP contribution in [0.3, 0.4) is 0 Å². The summed E-state index contributed by atoms with van der Waals surface area (Å²) in [6.07, 6.45) is 0. The van der Waals surface area contributed by atoms with Gasteiger partial charge in [-0.2, -0.15) is 5.26 Å². The molecular formula is C14H8BrF2NO. The lowest BCUT2D eigenvalue weighted by molar-refractivity contribution is 0.298. The monoisotopic (exact) mass is 323 g/mol. The van der Waals surface area contributed by atoms with Crippen LogP contribution in [0.1, 0.15) is 11.1 Å². The van der Waals surface area contributed by atoms with Crippen LogP contribution >= 0.6 is 15.9 Å². The Morgan fingerprint density at radius 3 is 2.68 bits per heavy atom. The van der Waals surface area contributed by atoms with Gasteiger partial charge in [0.1, 0.15) is 30.1 Å². The molecule has 0 N–H and O–H groups in total. The van der Waals surface area contributed by atoms with E-state index in [1.807, 2.05) is 0 Å². The van der Waals surface area contributed by atoms with Crippen molar-refractivity contribution in [2.45, 2.75) is 6.61 Å².